The molecule has 0 fully saturated rings. The minimum Gasteiger partial charge on any atom is -0.489 e. The SMILES string of the molecule is CNCCCN(C)CCOc1ccccc1F. The van der Waals surface area contributed by atoms with Crippen molar-refractivity contribution in [2.24, 2.45) is 0 Å². The van der Waals surface area contributed by atoms with Crippen LogP contribution in [0.2, 0.25) is 0 Å². The zero-order chi connectivity index (χ0) is 12.5. The van der Waals surface area contributed by atoms with Crippen LogP contribution in [0.15, 0.2) is 24.3 Å². The van der Waals surface area contributed by atoms with Crippen molar-refractivity contribution in [3.8, 4) is 5.75 Å². The van der Waals surface area contributed by atoms with Gasteiger partial charge >= 0.3 is 0 Å². The molecule has 0 aromatic heterocycles. The van der Waals surface area contributed by atoms with E-state index in [2.05, 4.69) is 10.2 Å². The second-order valence-electron chi connectivity index (χ2n) is 4.04. The zero-order valence-corrected chi connectivity index (χ0v) is 10.6. The molecule has 0 radical (unpaired) electrons. The molecule has 0 unspecified atom stereocenters. The summed E-state index contributed by atoms with van der Waals surface area (Å²) in [5, 5.41) is 3.10. The number of para-hydroxylation sites is 1. The van der Waals surface area contributed by atoms with E-state index in [9.17, 15) is 4.39 Å². The first-order valence-electron chi connectivity index (χ1n) is 5.94. The average molecular weight is 240 g/mol. The van der Waals surface area contributed by atoms with Gasteiger partial charge in [-0.15, -0.1) is 0 Å². The maximum Gasteiger partial charge on any atom is 0.165 e. The third kappa shape index (κ3) is 5.65. The second-order valence-corrected chi connectivity index (χ2v) is 4.04. The molecule has 0 atom stereocenters. The summed E-state index contributed by atoms with van der Waals surface area (Å²) in [7, 11) is 3.99. The number of benzene rings is 1. The number of ether oxygens (including phenoxy) is 1. The minimum absolute atomic E-state index is 0.301. The van der Waals surface area contributed by atoms with Crippen LogP contribution in [-0.4, -0.2) is 45.2 Å². The van der Waals surface area contributed by atoms with Gasteiger partial charge in [0.2, 0.25) is 0 Å². The van der Waals surface area contributed by atoms with Crippen LogP contribution in [0.4, 0.5) is 4.39 Å². The van der Waals surface area contributed by atoms with Crippen LogP contribution in [0.5, 0.6) is 5.75 Å². The Hall–Kier alpha value is -1.13. The molecule has 3 nitrogen and oxygen atoms in total. The van der Waals surface area contributed by atoms with Gasteiger partial charge in [-0.2, -0.15) is 0 Å². The molecule has 1 N–H and O–H groups in total. The molecule has 0 aliphatic heterocycles. The molecule has 17 heavy (non-hydrogen) atoms. The van der Waals surface area contributed by atoms with Crippen molar-refractivity contribution in [3.63, 3.8) is 0 Å². The molecular formula is C13H21FN2O. The van der Waals surface area contributed by atoms with Crippen LogP contribution in [0.3, 0.4) is 0 Å². The highest BCUT2D eigenvalue weighted by Gasteiger charge is 2.02. The molecule has 0 bridgehead atoms. The van der Waals surface area contributed by atoms with Gasteiger partial charge in [-0.25, -0.2) is 4.39 Å². The maximum absolute atomic E-state index is 13.2. The third-order valence-corrected chi connectivity index (χ3v) is 2.53. The molecular weight excluding hydrogens is 219 g/mol. The maximum atomic E-state index is 13.2. The molecule has 1 rings (SSSR count). The van der Waals surface area contributed by atoms with E-state index >= 15 is 0 Å². The summed E-state index contributed by atoms with van der Waals surface area (Å²) in [6.45, 7) is 3.34. The Bertz CT molecular complexity index is 320. The Morgan fingerprint density at radius 3 is 2.76 bits per heavy atom. The number of rotatable bonds is 8. The summed E-state index contributed by atoms with van der Waals surface area (Å²) >= 11 is 0. The molecule has 4 heteroatoms. The standard InChI is InChI=1S/C13H21FN2O/c1-15-8-5-9-16(2)10-11-17-13-7-4-3-6-12(13)14/h3-4,6-7,15H,5,8-11H2,1-2H3. The van der Waals surface area contributed by atoms with Crippen LogP contribution in [-0.2, 0) is 0 Å². The lowest BCUT2D eigenvalue weighted by Crippen LogP contribution is -2.27. The number of hydrogen-bond donors (Lipinski definition) is 1. The van der Waals surface area contributed by atoms with Crippen LogP contribution >= 0.6 is 0 Å². The van der Waals surface area contributed by atoms with Crippen molar-refractivity contribution < 1.29 is 9.13 Å². The summed E-state index contributed by atoms with van der Waals surface area (Å²) < 4.78 is 18.6. The fraction of sp³-hybridized carbons (Fsp3) is 0.538. The number of hydrogen-bond acceptors (Lipinski definition) is 3. The fourth-order valence-electron chi connectivity index (χ4n) is 1.51. The third-order valence-electron chi connectivity index (χ3n) is 2.53. The number of halogens is 1. The largest absolute Gasteiger partial charge is 0.489 e. The number of nitrogens with zero attached hydrogens (tertiary/aromatic N) is 1. The molecule has 1 aromatic rings. The molecule has 0 amide bonds. The molecule has 0 heterocycles. The highest BCUT2D eigenvalue weighted by Crippen LogP contribution is 2.14. The Labute approximate surface area is 103 Å². The van der Waals surface area contributed by atoms with Gasteiger partial charge in [0, 0.05) is 6.54 Å². The predicted molar refractivity (Wildman–Crippen MR) is 67.9 cm³/mol. The van der Waals surface area contributed by atoms with Crippen molar-refractivity contribution in [1.29, 1.82) is 0 Å². The van der Waals surface area contributed by atoms with Crippen LogP contribution in [0.25, 0.3) is 0 Å². The van der Waals surface area contributed by atoms with E-state index in [4.69, 9.17) is 4.74 Å². The topological polar surface area (TPSA) is 24.5 Å². The summed E-state index contributed by atoms with van der Waals surface area (Å²) in [5.41, 5.74) is 0. The van der Waals surface area contributed by atoms with Crippen molar-refractivity contribution in [1.82, 2.24) is 10.2 Å². The summed E-state index contributed by atoms with van der Waals surface area (Å²) in [5.74, 6) is 0.0291. The highest BCUT2D eigenvalue weighted by molar-refractivity contribution is 5.23. The Morgan fingerprint density at radius 1 is 1.29 bits per heavy atom. The summed E-state index contributed by atoms with van der Waals surface area (Å²) in [4.78, 5) is 2.18. The first kappa shape index (κ1) is 13.9. The Morgan fingerprint density at radius 2 is 2.06 bits per heavy atom. The van der Waals surface area contributed by atoms with Crippen molar-refractivity contribution in [2.45, 2.75) is 6.42 Å². The zero-order valence-electron chi connectivity index (χ0n) is 10.6. The monoisotopic (exact) mass is 240 g/mol. The van der Waals surface area contributed by atoms with Crippen molar-refractivity contribution in [2.75, 3.05) is 40.3 Å². The van der Waals surface area contributed by atoms with E-state index < -0.39 is 0 Å². The lowest BCUT2D eigenvalue weighted by atomic mass is 10.3. The Balaban J connectivity index is 2.17. The van der Waals surface area contributed by atoms with Crippen molar-refractivity contribution >= 4 is 0 Å². The molecule has 96 valence electrons. The van der Waals surface area contributed by atoms with Crippen molar-refractivity contribution in [3.05, 3.63) is 30.1 Å². The lowest BCUT2D eigenvalue weighted by Gasteiger charge is -2.16. The van der Waals surface area contributed by atoms with Gasteiger partial charge in [-0.1, -0.05) is 12.1 Å². The van der Waals surface area contributed by atoms with Gasteiger partial charge in [0.05, 0.1) is 0 Å². The predicted octanol–water partition coefficient (Wildman–Crippen LogP) is 1.75. The molecule has 0 saturated carbocycles. The van der Waals surface area contributed by atoms with Gasteiger partial charge < -0.3 is 15.0 Å². The second kappa shape index (κ2) is 8.03. The smallest absolute Gasteiger partial charge is 0.165 e. The average Bonchev–Trinajstić information content (AvgIpc) is 2.32. The van der Waals surface area contributed by atoms with E-state index in [-0.39, 0.29) is 5.82 Å². The van der Waals surface area contributed by atoms with Gasteiger partial charge in [0.1, 0.15) is 6.61 Å². The fourth-order valence-corrected chi connectivity index (χ4v) is 1.51. The normalized spacial score (nSPS) is 10.8. The lowest BCUT2D eigenvalue weighted by molar-refractivity contribution is 0.229. The first-order valence-corrected chi connectivity index (χ1v) is 5.94. The first-order chi connectivity index (χ1) is 8.24. The van der Waals surface area contributed by atoms with Crippen LogP contribution in [0, 0.1) is 5.82 Å². The molecule has 0 aliphatic carbocycles. The van der Waals surface area contributed by atoms with Gasteiger partial charge in [0.15, 0.2) is 11.6 Å². The van der Waals surface area contributed by atoms with E-state index in [0.717, 1.165) is 26.1 Å². The quantitative estimate of drug-likeness (QED) is 0.701. The summed E-state index contributed by atoms with van der Waals surface area (Å²) in [6.07, 6.45) is 1.10. The van der Waals surface area contributed by atoms with E-state index in [1.54, 1.807) is 18.2 Å². The van der Waals surface area contributed by atoms with Gasteiger partial charge in [0.25, 0.3) is 0 Å². The van der Waals surface area contributed by atoms with E-state index in [1.807, 2.05) is 14.1 Å². The molecule has 0 saturated heterocycles. The van der Waals surface area contributed by atoms with Crippen LogP contribution in [0.1, 0.15) is 6.42 Å². The van der Waals surface area contributed by atoms with Crippen LogP contribution < -0.4 is 10.1 Å². The van der Waals surface area contributed by atoms with E-state index in [0.29, 0.717) is 12.4 Å². The highest BCUT2D eigenvalue weighted by atomic mass is 19.1. The van der Waals surface area contributed by atoms with Gasteiger partial charge in [-0.05, 0) is 45.7 Å². The number of nitrogens with one attached hydrogen (secondary N) is 1. The van der Waals surface area contributed by atoms with Gasteiger partial charge in [-0.3, -0.25) is 0 Å². The molecule has 0 aliphatic rings. The Kier molecular flexibility index (Phi) is 6.58. The number of likely N-dealkylation sites (N-methyl/N-ethyl adjacent to an activating group) is 1. The summed E-state index contributed by atoms with van der Waals surface area (Å²) in [6, 6.07) is 6.49. The molecule has 0 spiro atoms. The van der Waals surface area contributed by atoms with E-state index in [1.165, 1.54) is 6.07 Å². The minimum atomic E-state index is -0.301. The molecule has 1 aromatic carbocycles.